The van der Waals surface area contributed by atoms with Crippen molar-refractivity contribution in [1.82, 2.24) is 0 Å². The van der Waals surface area contributed by atoms with Gasteiger partial charge in [-0.3, -0.25) is 4.79 Å². The molecular formula is C22H28O2. The molecule has 2 nitrogen and oxygen atoms in total. The summed E-state index contributed by atoms with van der Waals surface area (Å²) in [7, 11) is 0. The molecule has 0 unspecified atom stereocenters. The zero-order valence-electron chi connectivity index (χ0n) is 15.3. The van der Waals surface area contributed by atoms with Gasteiger partial charge < -0.3 is 4.74 Å². The molecule has 1 aliphatic carbocycles. The number of carbonyl (C=O) groups is 1. The molecule has 0 amide bonds. The Kier molecular flexibility index (Phi) is 4.67. The molecule has 0 bridgehead atoms. The molecule has 0 aliphatic heterocycles. The topological polar surface area (TPSA) is 26.3 Å². The fraction of sp³-hybridized carbons (Fsp3) is 0.500. The lowest BCUT2D eigenvalue weighted by atomic mass is 9.72. The zero-order chi connectivity index (χ0) is 17.3. The molecule has 128 valence electrons. The molecule has 1 fully saturated rings. The Morgan fingerprint density at radius 3 is 2.38 bits per heavy atom. The van der Waals surface area contributed by atoms with Gasteiger partial charge in [-0.05, 0) is 78.5 Å². The minimum Gasteiger partial charge on any atom is -0.490 e. The summed E-state index contributed by atoms with van der Waals surface area (Å²) in [5.74, 6) is 1.76. The molecular weight excluding hydrogens is 296 g/mol. The number of benzene rings is 2. The van der Waals surface area contributed by atoms with E-state index in [9.17, 15) is 4.79 Å². The largest absolute Gasteiger partial charge is 0.490 e. The maximum Gasteiger partial charge on any atom is 0.150 e. The first-order chi connectivity index (χ1) is 11.4. The summed E-state index contributed by atoms with van der Waals surface area (Å²) in [5.41, 5.74) is 2.29. The molecule has 3 rings (SSSR count). The molecule has 1 saturated carbocycles. The summed E-state index contributed by atoms with van der Waals surface area (Å²) in [6, 6.07) is 10.0. The third-order valence-electron chi connectivity index (χ3n) is 5.50. The Bertz CT molecular complexity index is 731. The SMILES string of the molecule is Cc1cc(O[C@H]2CC[C@H](C(C)(C)C)CC2)cc2ccc(C=O)cc12. The maximum atomic E-state index is 11.0. The predicted molar refractivity (Wildman–Crippen MR) is 99.9 cm³/mol. The second-order valence-corrected chi connectivity index (χ2v) is 8.30. The van der Waals surface area contributed by atoms with Crippen LogP contribution in [0.4, 0.5) is 0 Å². The highest BCUT2D eigenvalue weighted by molar-refractivity contribution is 5.91. The van der Waals surface area contributed by atoms with E-state index in [4.69, 9.17) is 4.74 Å². The van der Waals surface area contributed by atoms with E-state index in [1.807, 2.05) is 18.2 Å². The standard InChI is InChI=1S/C22H28O2/c1-15-11-20(13-17-6-5-16(14-23)12-21(15)17)24-19-9-7-18(8-10-19)22(2,3)4/h5-6,11-14,18-19H,7-10H2,1-4H3/t18-,19-. The Hall–Kier alpha value is -1.83. The van der Waals surface area contributed by atoms with Gasteiger partial charge in [0.15, 0.2) is 0 Å². The van der Waals surface area contributed by atoms with E-state index < -0.39 is 0 Å². The minimum absolute atomic E-state index is 0.328. The van der Waals surface area contributed by atoms with Crippen LogP contribution in [0.1, 0.15) is 62.4 Å². The lowest BCUT2D eigenvalue weighted by Gasteiger charge is -2.37. The van der Waals surface area contributed by atoms with E-state index in [2.05, 4.69) is 39.8 Å². The molecule has 0 aromatic heterocycles. The fourth-order valence-electron chi connectivity index (χ4n) is 3.91. The number of rotatable bonds is 3. The summed E-state index contributed by atoms with van der Waals surface area (Å²) in [5, 5.41) is 2.27. The van der Waals surface area contributed by atoms with Gasteiger partial charge in [0.2, 0.25) is 0 Å². The van der Waals surface area contributed by atoms with E-state index in [1.165, 1.54) is 12.8 Å². The van der Waals surface area contributed by atoms with Crippen LogP contribution in [0.25, 0.3) is 10.8 Å². The van der Waals surface area contributed by atoms with Crippen LogP contribution in [0.5, 0.6) is 5.75 Å². The van der Waals surface area contributed by atoms with E-state index in [-0.39, 0.29) is 0 Å². The van der Waals surface area contributed by atoms with Crippen LogP contribution in [0.3, 0.4) is 0 Å². The molecule has 1 aliphatic rings. The van der Waals surface area contributed by atoms with E-state index in [1.54, 1.807) is 0 Å². The predicted octanol–water partition coefficient (Wildman–Crippen LogP) is 5.94. The van der Waals surface area contributed by atoms with Crippen molar-refractivity contribution in [2.75, 3.05) is 0 Å². The highest BCUT2D eigenvalue weighted by Crippen LogP contribution is 2.39. The van der Waals surface area contributed by atoms with Crippen molar-refractivity contribution in [3.8, 4) is 5.75 Å². The first-order valence-electron chi connectivity index (χ1n) is 9.03. The summed E-state index contributed by atoms with van der Waals surface area (Å²) in [6.45, 7) is 9.12. The van der Waals surface area contributed by atoms with Gasteiger partial charge in [0.05, 0.1) is 6.10 Å². The van der Waals surface area contributed by atoms with Crippen molar-refractivity contribution in [1.29, 1.82) is 0 Å². The Morgan fingerprint density at radius 1 is 1.04 bits per heavy atom. The van der Waals surface area contributed by atoms with Crippen LogP contribution in [-0.4, -0.2) is 12.4 Å². The van der Waals surface area contributed by atoms with Crippen LogP contribution in [0.2, 0.25) is 0 Å². The van der Waals surface area contributed by atoms with Crippen molar-refractivity contribution < 1.29 is 9.53 Å². The van der Waals surface area contributed by atoms with Crippen molar-refractivity contribution in [3.05, 3.63) is 41.5 Å². The third-order valence-corrected chi connectivity index (χ3v) is 5.50. The molecule has 2 aromatic rings. The minimum atomic E-state index is 0.328. The van der Waals surface area contributed by atoms with Gasteiger partial charge in [0.25, 0.3) is 0 Å². The summed E-state index contributed by atoms with van der Waals surface area (Å²) in [4.78, 5) is 11.0. The van der Waals surface area contributed by atoms with Crippen molar-refractivity contribution in [3.63, 3.8) is 0 Å². The van der Waals surface area contributed by atoms with Gasteiger partial charge in [0, 0.05) is 5.56 Å². The Balaban J connectivity index is 1.73. The van der Waals surface area contributed by atoms with Crippen LogP contribution in [-0.2, 0) is 0 Å². The lowest BCUT2D eigenvalue weighted by Crippen LogP contribution is -2.30. The highest BCUT2D eigenvalue weighted by atomic mass is 16.5. The molecule has 2 heteroatoms. The second kappa shape index (κ2) is 6.58. The number of aryl methyl sites for hydroxylation is 1. The highest BCUT2D eigenvalue weighted by Gasteiger charge is 2.30. The molecule has 0 saturated heterocycles. The normalized spacial score (nSPS) is 21.7. The zero-order valence-corrected chi connectivity index (χ0v) is 15.3. The number of hydrogen-bond acceptors (Lipinski definition) is 2. The quantitative estimate of drug-likeness (QED) is 0.653. The smallest absolute Gasteiger partial charge is 0.150 e. The average Bonchev–Trinajstić information content (AvgIpc) is 2.54. The molecule has 0 heterocycles. The molecule has 0 atom stereocenters. The van der Waals surface area contributed by atoms with Crippen LogP contribution < -0.4 is 4.74 Å². The van der Waals surface area contributed by atoms with Crippen molar-refractivity contribution in [2.24, 2.45) is 11.3 Å². The van der Waals surface area contributed by atoms with Crippen molar-refractivity contribution in [2.45, 2.75) is 59.5 Å². The number of aldehydes is 1. The molecule has 24 heavy (non-hydrogen) atoms. The summed E-state index contributed by atoms with van der Waals surface area (Å²) >= 11 is 0. The molecule has 0 radical (unpaired) electrons. The van der Waals surface area contributed by atoms with Gasteiger partial charge in [0.1, 0.15) is 12.0 Å². The fourth-order valence-corrected chi connectivity index (χ4v) is 3.91. The summed E-state index contributed by atoms with van der Waals surface area (Å²) in [6.07, 6.45) is 6.02. The molecule has 2 aromatic carbocycles. The van der Waals surface area contributed by atoms with E-state index in [0.29, 0.717) is 11.5 Å². The number of ether oxygens (including phenoxy) is 1. The first kappa shape index (κ1) is 17.0. The van der Waals surface area contributed by atoms with Gasteiger partial charge >= 0.3 is 0 Å². The third kappa shape index (κ3) is 3.63. The Labute approximate surface area is 145 Å². The van der Waals surface area contributed by atoms with Crippen LogP contribution >= 0.6 is 0 Å². The van der Waals surface area contributed by atoms with Gasteiger partial charge in [-0.25, -0.2) is 0 Å². The van der Waals surface area contributed by atoms with Crippen molar-refractivity contribution >= 4 is 17.1 Å². The summed E-state index contributed by atoms with van der Waals surface area (Å²) < 4.78 is 6.29. The molecule has 0 spiro atoms. The van der Waals surface area contributed by atoms with Gasteiger partial charge in [-0.2, -0.15) is 0 Å². The monoisotopic (exact) mass is 324 g/mol. The second-order valence-electron chi connectivity index (χ2n) is 8.30. The number of hydrogen-bond donors (Lipinski definition) is 0. The molecule has 0 N–H and O–H groups in total. The van der Waals surface area contributed by atoms with E-state index >= 15 is 0 Å². The Morgan fingerprint density at radius 2 is 1.75 bits per heavy atom. The van der Waals surface area contributed by atoms with E-state index in [0.717, 1.165) is 52.7 Å². The lowest BCUT2D eigenvalue weighted by molar-refractivity contribution is 0.0883. The number of carbonyl (C=O) groups excluding carboxylic acids is 1. The average molecular weight is 324 g/mol. The first-order valence-corrected chi connectivity index (χ1v) is 9.03. The van der Waals surface area contributed by atoms with Gasteiger partial charge in [-0.1, -0.05) is 32.9 Å². The van der Waals surface area contributed by atoms with Gasteiger partial charge in [-0.15, -0.1) is 0 Å². The number of fused-ring (bicyclic) bond motifs is 1. The van der Waals surface area contributed by atoms with Crippen LogP contribution in [0, 0.1) is 18.3 Å². The maximum absolute atomic E-state index is 11.0. The van der Waals surface area contributed by atoms with Crippen LogP contribution in [0.15, 0.2) is 30.3 Å².